The molecule has 1 fully saturated rings. The van der Waals surface area contributed by atoms with Gasteiger partial charge < -0.3 is 15.4 Å². The second-order valence-corrected chi connectivity index (χ2v) is 6.04. The number of ether oxygens (including phenoxy) is 1. The van der Waals surface area contributed by atoms with Crippen LogP contribution in [0.25, 0.3) is 0 Å². The van der Waals surface area contributed by atoms with E-state index in [0.717, 1.165) is 0 Å². The van der Waals surface area contributed by atoms with Crippen LogP contribution in [0.1, 0.15) is 24.2 Å². The molecule has 19 heavy (non-hydrogen) atoms. The zero-order chi connectivity index (χ0) is 14.2. The number of carbonyl (C=O) groups is 1. The lowest BCUT2D eigenvalue weighted by molar-refractivity contribution is -0.0764. The van der Waals surface area contributed by atoms with E-state index in [0.29, 0.717) is 29.7 Å². The van der Waals surface area contributed by atoms with E-state index in [1.807, 2.05) is 13.8 Å². The molecule has 6 heteroatoms. The lowest BCUT2D eigenvalue weighted by atomic mass is 10.1. The van der Waals surface area contributed by atoms with E-state index in [9.17, 15) is 9.18 Å². The number of carbonyl (C=O) groups excluding carboxylic acids is 1. The van der Waals surface area contributed by atoms with Gasteiger partial charge in [0.05, 0.1) is 23.5 Å². The number of benzene rings is 1. The summed E-state index contributed by atoms with van der Waals surface area (Å²) in [5.41, 5.74) is 5.49. The van der Waals surface area contributed by atoms with Gasteiger partial charge in [0.25, 0.3) is 5.91 Å². The van der Waals surface area contributed by atoms with E-state index in [2.05, 4.69) is 15.9 Å². The summed E-state index contributed by atoms with van der Waals surface area (Å²) in [6.07, 6.45) is 0. The van der Waals surface area contributed by atoms with Crippen LogP contribution < -0.4 is 5.73 Å². The zero-order valence-electron chi connectivity index (χ0n) is 10.9. The first-order valence-corrected chi connectivity index (χ1v) is 6.77. The molecule has 2 rings (SSSR count). The van der Waals surface area contributed by atoms with Crippen LogP contribution in [-0.2, 0) is 4.74 Å². The summed E-state index contributed by atoms with van der Waals surface area (Å²) in [6, 6.07) is 2.58. The van der Waals surface area contributed by atoms with Crippen molar-refractivity contribution in [3.05, 3.63) is 28.0 Å². The third kappa shape index (κ3) is 3.06. The minimum atomic E-state index is -0.536. The smallest absolute Gasteiger partial charge is 0.255 e. The van der Waals surface area contributed by atoms with Crippen molar-refractivity contribution in [1.82, 2.24) is 4.90 Å². The fraction of sp³-hybridized carbons (Fsp3) is 0.462. The molecule has 1 aromatic carbocycles. The summed E-state index contributed by atoms with van der Waals surface area (Å²) in [5.74, 6) is -0.708. The van der Waals surface area contributed by atoms with Gasteiger partial charge in [-0.05, 0) is 41.9 Å². The highest BCUT2D eigenvalue weighted by atomic mass is 79.9. The first-order chi connectivity index (χ1) is 8.80. The molecule has 0 saturated carbocycles. The van der Waals surface area contributed by atoms with Crippen LogP contribution in [0.2, 0.25) is 0 Å². The van der Waals surface area contributed by atoms with Crippen LogP contribution in [0.3, 0.4) is 0 Å². The lowest BCUT2D eigenvalue weighted by Crippen LogP contribution is -2.50. The SMILES string of the molecule is CC1(C)CN(C(=O)c2cc(N)c(F)cc2Br)CCO1. The Hall–Kier alpha value is -1.14. The number of nitrogen functional groups attached to an aromatic ring is 1. The summed E-state index contributed by atoms with van der Waals surface area (Å²) in [7, 11) is 0. The van der Waals surface area contributed by atoms with Crippen molar-refractivity contribution in [2.45, 2.75) is 19.4 Å². The molecule has 0 aromatic heterocycles. The van der Waals surface area contributed by atoms with Crippen molar-refractivity contribution < 1.29 is 13.9 Å². The van der Waals surface area contributed by atoms with E-state index in [1.54, 1.807) is 4.90 Å². The van der Waals surface area contributed by atoms with Gasteiger partial charge in [0.2, 0.25) is 0 Å². The predicted molar refractivity (Wildman–Crippen MR) is 74.4 cm³/mol. The van der Waals surface area contributed by atoms with E-state index in [4.69, 9.17) is 10.5 Å². The highest BCUT2D eigenvalue weighted by Gasteiger charge is 2.31. The number of hydrogen-bond donors (Lipinski definition) is 1. The number of nitrogens with zero attached hydrogens (tertiary/aromatic N) is 1. The highest BCUT2D eigenvalue weighted by molar-refractivity contribution is 9.10. The Balaban J connectivity index is 2.27. The number of rotatable bonds is 1. The molecule has 0 atom stereocenters. The maximum absolute atomic E-state index is 13.3. The van der Waals surface area contributed by atoms with E-state index in [1.165, 1.54) is 12.1 Å². The molecule has 0 spiro atoms. The molecule has 1 aromatic rings. The third-order valence-electron chi connectivity index (χ3n) is 3.03. The molecular formula is C13H16BrFN2O2. The number of amides is 1. The van der Waals surface area contributed by atoms with Crippen molar-refractivity contribution in [1.29, 1.82) is 0 Å². The van der Waals surface area contributed by atoms with Gasteiger partial charge >= 0.3 is 0 Å². The van der Waals surface area contributed by atoms with Crippen molar-refractivity contribution in [2.24, 2.45) is 0 Å². The maximum Gasteiger partial charge on any atom is 0.255 e. The minimum absolute atomic E-state index is 0.0286. The van der Waals surface area contributed by atoms with Crippen LogP contribution in [-0.4, -0.2) is 36.1 Å². The fourth-order valence-electron chi connectivity index (χ4n) is 2.09. The predicted octanol–water partition coefficient (Wildman–Crippen LogP) is 2.42. The van der Waals surface area contributed by atoms with E-state index >= 15 is 0 Å². The van der Waals surface area contributed by atoms with Gasteiger partial charge in [0.15, 0.2) is 0 Å². The molecule has 0 radical (unpaired) electrons. The Morgan fingerprint density at radius 3 is 2.84 bits per heavy atom. The topological polar surface area (TPSA) is 55.6 Å². The Morgan fingerprint density at radius 1 is 1.53 bits per heavy atom. The molecule has 0 unspecified atom stereocenters. The summed E-state index contributed by atoms with van der Waals surface area (Å²) >= 11 is 3.20. The first kappa shape index (κ1) is 14.3. The van der Waals surface area contributed by atoms with Crippen molar-refractivity contribution in [3.63, 3.8) is 0 Å². The Labute approximate surface area is 119 Å². The molecule has 1 heterocycles. The quantitative estimate of drug-likeness (QED) is 0.804. The zero-order valence-corrected chi connectivity index (χ0v) is 12.5. The fourth-order valence-corrected chi connectivity index (χ4v) is 2.57. The van der Waals surface area contributed by atoms with Crippen LogP contribution >= 0.6 is 15.9 Å². The van der Waals surface area contributed by atoms with Gasteiger partial charge in [-0.25, -0.2) is 4.39 Å². The van der Waals surface area contributed by atoms with Gasteiger partial charge in [-0.3, -0.25) is 4.79 Å². The lowest BCUT2D eigenvalue weighted by Gasteiger charge is -2.38. The molecule has 4 nitrogen and oxygen atoms in total. The molecule has 0 aliphatic carbocycles. The number of nitrogens with two attached hydrogens (primary N) is 1. The Kier molecular flexibility index (Phi) is 3.82. The van der Waals surface area contributed by atoms with Crippen molar-refractivity contribution in [3.8, 4) is 0 Å². The Bertz CT molecular complexity index is 520. The van der Waals surface area contributed by atoms with Gasteiger partial charge in [0, 0.05) is 17.6 Å². The molecular weight excluding hydrogens is 315 g/mol. The van der Waals surface area contributed by atoms with Gasteiger partial charge in [-0.1, -0.05) is 0 Å². The first-order valence-electron chi connectivity index (χ1n) is 5.98. The normalized spacial score (nSPS) is 18.4. The molecule has 1 amide bonds. The molecule has 0 bridgehead atoms. The summed E-state index contributed by atoms with van der Waals surface area (Å²) < 4.78 is 19.3. The van der Waals surface area contributed by atoms with Gasteiger partial charge in [0.1, 0.15) is 5.82 Å². The average Bonchev–Trinajstić information content (AvgIpc) is 2.31. The van der Waals surface area contributed by atoms with Gasteiger partial charge in [-0.2, -0.15) is 0 Å². The van der Waals surface area contributed by atoms with Crippen LogP contribution in [0.5, 0.6) is 0 Å². The number of hydrogen-bond acceptors (Lipinski definition) is 3. The van der Waals surface area contributed by atoms with E-state index < -0.39 is 5.82 Å². The second kappa shape index (κ2) is 5.09. The maximum atomic E-state index is 13.3. The molecule has 2 N–H and O–H groups in total. The molecule has 1 saturated heterocycles. The minimum Gasteiger partial charge on any atom is -0.396 e. The third-order valence-corrected chi connectivity index (χ3v) is 3.69. The summed E-state index contributed by atoms with van der Waals surface area (Å²) in [4.78, 5) is 14.1. The van der Waals surface area contributed by atoms with Crippen molar-refractivity contribution in [2.75, 3.05) is 25.4 Å². The largest absolute Gasteiger partial charge is 0.396 e. The number of morpholine rings is 1. The molecule has 104 valence electrons. The van der Waals surface area contributed by atoms with Crippen LogP contribution in [0.15, 0.2) is 16.6 Å². The monoisotopic (exact) mass is 330 g/mol. The van der Waals surface area contributed by atoms with Gasteiger partial charge in [-0.15, -0.1) is 0 Å². The molecule has 1 aliphatic rings. The average molecular weight is 331 g/mol. The second-order valence-electron chi connectivity index (χ2n) is 5.19. The van der Waals surface area contributed by atoms with E-state index in [-0.39, 0.29) is 17.2 Å². The molecule has 1 aliphatic heterocycles. The number of anilines is 1. The van der Waals surface area contributed by atoms with Crippen LogP contribution in [0.4, 0.5) is 10.1 Å². The number of halogens is 2. The standard InChI is InChI=1S/C13H16BrFN2O2/c1-13(2)7-17(3-4-19-13)12(18)8-5-11(16)10(15)6-9(8)14/h5-6H,3-4,7,16H2,1-2H3. The highest BCUT2D eigenvalue weighted by Crippen LogP contribution is 2.26. The summed E-state index contributed by atoms with van der Waals surface area (Å²) in [5, 5.41) is 0. The Morgan fingerprint density at radius 2 is 2.21 bits per heavy atom. The van der Waals surface area contributed by atoms with Crippen LogP contribution in [0, 0.1) is 5.82 Å². The van der Waals surface area contributed by atoms with Crippen molar-refractivity contribution >= 4 is 27.5 Å². The summed E-state index contributed by atoms with van der Waals surface area (Å²) in [6.45, 7) is 5.37.